The fourth-order valence-corrected chi connectivity index (χ4v) is 4.23. The van der Waals surface area contributed by atoms with Crippen LogP contribution in [0, 0.1) is 19.7 Å². The molecule has 0 atom stereocenters. The van der Waals surface area contributed by atoms with E-state index in [0.29, 0.717) is 10.8 Å². The van der Waals surface area contributed by atoms with E-state index in [1.165, 1.54) is 36.0 Å². The highest BCUT2D eigenvalue weighted by Gasteiger charge is 2.11. The van der Waals surface area contributed by atoms with Crippen molar-refractivity contribution >= 4 is 46.4 Å². The molecule has 0 saturated carbocycles. The third-order valence-electron chi connectivity index (χ3n) is 4.95. The van der Waals surface area contributed by atoms with Crippen LogP contribution in [0.3, 0.4) is 0 Å². The maximum absolute atomic E-state index is 13.1. The molecule has 35 heavy (non-hydrogen) atoms. The summed E-state index contributed by atoms with van der Waals surface area (Å²) < 4.78 is 14.9. The maximum Gasteiger partial charge on any atom is 0.250 e. The van der Waals surface area contributed by atoms with Crippen LogP contribution < -0.4 is 10.7 Å². The summed E-state index contributed by atoms with van der Waals surface area (Å²) in [6.45, 7) is 3.82. The van der Waals surface area contributed by atoms with Crippen molar-refractivity contribution in [3.05, 3.63) is 83.6 Å². The van der Waals surface area contributed by atoms with Crippen LogP contribution in [0.2, 0.25) is 0 Å². The fourth-order valence-electron chi connectivity index (χ4n) is 3.49. The van der Waals surface area contributed by atoms with E-state index in [9.17, 15) is 14.0 Å². The second kappa shape index (κ2) is 10.9. The Labute approximate surface area is 205 Å². The summed E-state index contributed by atoms with van der Waals surface area (Å²) >= 11 is 1.24. The van der Waals surface area contributed by atoms with Crippen molar-refractivity contribution in [1.82, 2.24) is 20.0 Å². The van der Waals surface area contributed by atoms with Crippen LogP contribution in [-0.2, 0) is 16.1 Å². The first-order chi connectivity index (χ1) is 16.9. The topological polar surface area (TPSA) is 101 Å². The Morgan fingerprint density at radius 2 is 1.77 bits per heavy atom. The van der Waals surface area contributed by atoms with Crippen molar-refractivity contribution in [3.63, 3.8) is 0 Å². The smallest absolute Gasteiger partial charge is 0.250 e. The van der Waals surface area contributed by atoms with Gasteiger partial charge in [-0.15, -0.1) is 0 Å². The molecule has 0 fully saturated rings. The number of nitrogens with zero attached hydrogens (tertiary/aromatic N) is 4. The molecule has 4 rings (SSSR count). The number of halogens is 1. The Bertz CT molecular complexity index is 1380. The molecule has 2 aromatic carbocycles. The van der Waals surface area contributed by atoms with Gasteiger partial charge in [-0.25, -0.2) is 19.8 Å². The van der Waals surface area contributed by atoms with E-state index in [0.717, 1.165) is 27.9 Å². The van der Waals surface area contributed by atoms with Crippen LogP contribution in [0.25, 0.3) is 10.9 Å². The van der Waals surface area contributed by atoms with Crippen LogP contribution in [0.5, 0.6) is 0 Å². The van der Waals surface area contributed by atoms with Gasteiger partial charge >= 0.3 is 0 Å². The predicted molar refractivity (Wildman–Crippen MR) is 135 cm³/mol. The zero-order valence-corrected chi connectivity index (χ0v) is 20.0. The zero-order valence-electron chi connectivity index (χ0n) is 19.2. The largest absolute Gasteiger partial charge is 0.337 e. The molecule has 2 heterocycles. The first kappa shape index (κ1) is 24.1. The summed E-state index contributed by atoms with van der Waals surface area (Å²) in [5.41, 5.74) is 6.32. The number of anilines is 1. The van der Waals surface area contributed by atoms with Crippen molar-refractivity contribution in [2.75, 3.05) is 11.1 Å². The average Bonchev–Trinajstić information content (AvgIpc) is 3.16. The molecule has 4 aromatic rings. The number of hydrogen-bond acceptors (Lipinski definition) is 6. The number of carbonyl (C=O) groups is 2. The molecular weight excluding hydrogens is 467 g/mol. The number of thioether (sulfide) groups is 1. The molecule has 0 spiro atoms. The van der Waals surface area contributed by atoms with Gasteiger partial charge in [-0.05, 0) is 50.2 Å². The summed E-state index contributed by atoms with van der Waals surface area (Å²) in [6.07, 6.45) is 3.34. The Balaban J connectivity index is 1.39. The number of benzene rings is 2. The third kappa shape index (κ3) is 6.51. The first-order valence-electron chi connectivity index (χ1n) is 10.8. The molecule has 0 aliphatic rings. The van der Waals surface area contributed by atoms with Gasteiger partial charge in [-0.1, -0.05) is 30.0 Å². The van der Waals surface area contributed by atoms with Gasteiger partial charge in [-0.3, -0.25) is 9.59 Å². The Morgan fingerprint density at radius 1 is 1.06 bits per heavy atom. The Hall–Kier alpha value is -4.05. The lowest BCUT2D eigenvalue weighted by Gasteiger charge is -2.07. The van der Waals surface area contributed by atoms with Crippen molar-refractivity contribution < 1.29 is 14.0 Å². The van der Waals surface area contributed by atoms with Gasteiger partial charge in [0.1, 0.15) is 12.4 Å². The van der Waals surface area contributed by atoms with Gasteiger partial charge in [0.2, 0.25) is 5.91 Å². The minimum atomic E-state index is -0.368. The number of carbonyl (C=O) groups excluding carboxylic acids is 2. The molecule has 0 unspecified atom stereocenters. The van der Waals surface area contributed by atoms with E-state index >= 15 is 0 Å². The number of aromatic nitrogens is 3. The van der Waals surface area contributed by atoms with Gasteiger partial charge in [-0.2, -0.15) is 5.10 Å². The molecule has 0 radical (unpaired) electrons. The standard InChI is InChI=1S/C25H23FN6O2S/c1-16-11-17(2)29-25(28-16)35-15-24(34)31-27-12-18-13-32(22-6-4-3-5-21(18)22)14-23(33)30-20-9-7-19(26)8-10-20/h3-13H,14-15H2,1-2H3,(H,30,33)(H,31,34)/b27-12-. The Morgan fingerprint density at radius 3 is 2.51 bits per heavy atom. The molecule has 0 aliphatic heterocycles. The van der Waals surface area contributed by atoms with Crippen molar-refractivity contribution in [3.8, 4) is 0 Å². The molecule has 8 nitrogen and oxygen atoms in total. The highest BCUT2D eigenvalue weighted by atomic mass is 32.2. The summed E-state index contributed by atoms with van der Waals surface area (Å²) in [6, 6.07) is 15.0. The molecular formula is C25H23FN6O2S. The molecule has 10 heteroatoms. The molecule has 2 N–H and O–H groups in total. The lowest BCUT2D eigenvalue weighted by Crippen LogP contribution is -2.20. The van der Waals surface area contributed by atoms with Crippen LogP contribution >= 0.6 is 11.8 Å². The quantitative estimate of drug-likeness (QED) is 0.168. The number of hydrogen-bond donors (Lipinski definition) is 2. The summed E-state index contributed by atoms with van der Waals surface area (Å²) in [5.74, 6) is -0.769. The number of rotatable bonds is 8. The number of para-hydroxylation sites is 1. The highest BCUT2D eigenvalue weighted by Crippen LogP contribution is 2.20. The van der Waals surface area contributed by atoms with Crippen molar-refractivity contribution in [2.24, 2.45) is 5.10 Å². The molecule has 178 valence electrons. The second-order valence-corrected chi connectivity index (χ2v) is 8.74. The van der Waals surface area contributed by atoms with Gasteiger partial charge in [0.15, 0.2) is 5.16 Å². The van der Waals surface area contributed by atoms with Crippen LogP contribution in [0.15, 0.2) is 71.1 Å². The molecule has 2 amide bonds. The molecule has 0 aliphatic carbocycles. The van der Waals surface area contributed by atoms with Crippen LogP contribution in [-0.4, -0.2) is 38.3 Å². The summed E-state index contributed by atoms with van der Waals surface area (Å²) in [7, 11) is 0. The SMILES string of the molecule is Cc1cc(C)nc(SCC(=O)N/N=C\c2cn(CC(=O)Nc3ccc(F)cc3)c3ccccc23)n1. The fraction of sp³-hybridized carbons (Fsp3) is 0.160. The number of amides is 2. The van der Waals surface area contributed by atoms with E-state index in [-0.39, 0.29) is 29.9 Å². The summed E-state index contributed by atoms with van der Waals surface area (Å²) in [4.78, 5) is 33.3. The van der Waals surface area contributed by atoms with Gasteiger partial charge in [0.25, 0.3) is 5.91 Å². The lowest BCUT2D eigenvalue weighted by atomic mass is 10.2. The van der Waals surface area contributed by atoms with Gasteiger partial charge in [0.05, 0.1) is 12.0 Å². The van der Waals surface area contributed by atoms with E-state index in [2.05, 4.69) is 25.8 Å². The second-order valence-electron chi connectivity index (χ2n) is 7.80. The first-order valence-corrected chi connectivity index (χ1v) is 11.8. The number of aryl methyl sites for hydroxylation is 2. The van der Waals surface area contributed by atoms with Crippen molar-refractivity contribution in [2.45, 2.75) is 25.5 Å². The van der Waals surface area contributed by atoms with Crippen molar-refractivity contribution in [1.29, 1.82) is 0 Å². The van der Waals surface area contributed by atoms with Gasteiger partial charge < -0.3 is 9.88 Å². The predicted octanol–water partition coefficient (Wildman–Crippen LogP) is 4.07. The van der Waals surface area contributed by atoms with E-state index in [4.69, 9.17) is 0 Å². The normalized spacial score (nSPS) is 11.2. The van der Waals surface area contributed by atoms with Gasteiger partial charge in [0, 0.05) is 39.7 Å². The monoisotopic (exact) mass is 490 g/mol. The van der Waals surface area contributed by atoms with Crippen LogP contribution in [0.1, 0.15) is 17.0 Å². The molecule has 2 aromatic heterocycles. The number of fused-ring (bicyclic) bond motifs is 1. The van der Waals surface area contributed by atoms with E-state index in [1.54, 1.807) is 17.0 Å². The number of hydrazone groups is 1. The maximum atomic E-state index is 13.1. The minimum Gasteiger partial charge on any atom is -0.337 e. The van der Waals surface area contributed by atoms with Crippen LogP contribution in [0.4, 0.5) is 10.1 Å². The third-order valence-corrected chi connectivity index (χ3v) is 5.80. The average molecular weight is 491 g/mol. The molecule has 0 saturated heterocycles. The summed E-state index contributed by atoms with van der Waals surface area (Å²) in [5, 5.41) is 8.27. The molecule has 0 bridgehead atoms. The highest BCUT2D eigenvalue weighted by molar-refractivity contribution is 7.99. The Kier molecular flexibility index (Phi) is 7.51. The number of nitrogens with one attached hydrogen (secondary N) is 2. The zero-order chi connectivity index (χ0) is 24.8. The lowest BCUT2D eigenvalue weighted by molar-refractivity contribution is -0.118. The van der Waals surface area contributed by atoms with E-state index < -0.39 is 0 Å². The van der Waals surface area contributed by atoms with E-state index in [1.807, 2.05) is 44.2 Å². The minimum absolute atomic E-state index is 0.0602.